The molecule has 0 atom stereocenters. The zero-order valence-electron chi connectivity index (χ0n) is 12.6. The van der Waals surface area contributed by atoms with Crippen LogP contribution in [0.2, 0.25) is 0 Å². The lowest BCUT2D eigenvalue weighted by atomic mass is 9.96. The van der Waals surface area contributed by atoms with E-state index in [1.54, 1.807) is 6.07 Å². The number of fused-ring (bicyclic) bond motifs is 1. The number of carbonyl (C=O) groups is 1. The van der Waals surface area contributed by atoms with Crippen LogP contribution < -0.4 is 5.32 Å². The number of rotatable bonds is 3. The Morgan fingerprint density at radius 3 is 2.91 bits per heavy atom. The maximum atomic E-state index is 12.3. The molecule has 114 valence electrons. The molecule has 22 heavy (non-hydrogen) atoms. The highest BCUT2D eigenvalue weighted by Gasteiger charge is 2.23. The van der Waals surface area contributed by atoms with E-state index in [0.717, 1.165) is 31.2 Å². The lowest BCUT2D eigenvalue weighted by Crippen LogP contribution is -2.12. The van der Waals surface area contributed by atoms with Crippen molar-refractivity contribution in [1.82, 2.24) is 5.16 Å². The third kappa shape index (κ3) is 2.64. The lowest BCUT2D eigenvalue weighted by molar-refractivity contribution is 0.101. The summed E-state index contributed by atoms with van der Waals surface area (Å²) in [6.45, 7) is 3.95. The monoisotopic (exact) mass is 315 g/mol. The number of hydrogen-bond acceptors (Lipinski definition) is 5. The van der Waals surface area contributed by atoms with Crippen molar-refractivity contribution in [3.05, 3.63) is 33.5 Å². The second-order valence-corrected chi connectivity index (χ2v) is 6.86. The Bertz CT molecular complexity index is 752. The van der Waals surface area contributed by atoms with Gasteiger partial charge in [0.2, 0.25) is 0 Å². The van der Waals surface area contributed by atoms with Crippen molar-refractivity contribution in [2.24, 2.45) is 0 Å². The van der Waals surface area contributed by atoms with Crippen molar-refractivity contribution in [1.29, 1.82) is 5.26 Å². The normalized spacial score (nSPS) is 13.7. The first-order valence-corrected chi connectivity index (χ1v) is 8.24. The zero-order valence-corrected chi connectivity index (χ0v) is 13.4. The van der Waals surface area contributed by atoms with Gasteiger partial charge in [-0.15, -0.1) is 11.3 Å². The van der Waals surface area contributed by atoms with Crippen molar-refractivity contribution in [2.45, 2.75) is 45.4 Å². The van der Waals surface area contributed by atoms with Crippen LogP contribution in [-0.2, 0) is 12.8 Å². The molecule has 0 saturated carbocycles. The van der Waals surface area contributed by atoms with Crippen LogP contribution in [0.4, 0.5) is 5.00 Å². The third-order valence-corrected chi connectivity index (χ3v) is 5.05. The molecule has 1 aliphatic rings. The first kappa shape index (κ1) is 14.8. The van der Waals surface area contributed by atoms with Crippen LogP contribution in [0, 0.1) is 11.3 Å². The number of hydrogen-bond donors (Lipinski definition) is 1. The van der Waals surface area contributed by atoms with E-state index in [-0.39, 0.29) is 17.5 Å². The molecule has 1 N–H and O–H groups in total. The van der Waals surface area contributed by atoms with Crippen molar-refractivity contribution in [3.63, 3.8) is 0 Å². The summed E-state index contributed by atoms with van der Waals surface area (Å²) in [5, 5.41) is 16.7. The molecule has 2 heterocycles. The second kappa shape index (κ2) is 5.93. The average Bonchev–Trinajstić information content (AvgIpc) is 3.11. The van der Waals surface area contributed by atoms with E-state index in [0.29, 0.717) is 16.3 Å². The van der Waals surface area contributed by atoms with Gasteiger partial charge < -0.3 is 9.84 Å². The van der Waals surface area contributed by atoms with E-state index in [4.69, 9.17) is 4.52 Å². The molecule has 6 heteroatoms. The Hall–Kier alpha value is -2.13. The number of thiophene rings is 1. The number of carbonyl (C=O) groups excluding carboxylic acids is 1. The Morgan fingerprint density at radius 1 is 1.45 bits per heavy atom. The maximum absolute atomic E-state index is 12.3. The third-order valence-electron chi connectivity index (χ3n) is 3.84. The minimum absolute atomic E-state index is 0.178. The molecule has 0 saturated heterocycles. The molecule has 1 amide bonds. The molecule has 0 aromatic carbocycles. The highest BCUT2D eigenvalue weighted by atomic mass is 32.1. The van der Waals surface area contributed by atoms with Gasteiger partial charge in [0.15, 0.2) is 5.69 Å². The molecular weight excluding hydrogens is 298 g/mol. The summed E-state index contributed by atoms with van der Waals surface area (Å²) >= 11 is 1.51. The zero-order chi connectivity index (χ0) is 15.7. The predicted molar refractivity (Wildman–Crippen MR) is 84.2 cm³/mol. The minimum atomic E-state index is -0.328. The summed E-state index contributed by atoms with van der Waals surface area (Å²) in [4.78, 5) is 13.5. The van der Waals surface area contributed by atoms with Gasteiger partial charge in [-0.3, -0.25) is 4.79 Å². The molecule has 2 aromatic heterocycles. The first-order valence-electron chi connectivity index (χ1n) is 7.42. The van der Waals surface area contributed by atoms with Crippen LogP contribution in [0.3, 0.4) is 0 Å². The fourth-order valence-corrected chi connectivity index (χ4v) is 3.84. The number of anilines is 1. The lowest BCUT2D eigenvalue weighted by Gasteiger charge is -2.09. The number of nitrogens with zero attached hydrogens (tertiary/aromatic N) is 2. The second-order valence-electron chi connectivity index (χ2n) is 5.75. The van der Waals surface area contributed by atoms with E-state index in [1.807, 2.05) is 13.8 Å². The first-order chi connectivity index (χ1) is 10.6. The van der Waals surface area contributed by atoms with Crippen molar-refractivity contribution < 1.29 is 9.32 Å². The molecule has 0 radical (unpaired) electrons. The van der Waals surface area contributed by atoms with Crippen LogP contribution in [0.25, 0.3) is 0 Å². The molecule has 2 aromatic rings. The van der Waals surface area contributed by atoms with Gasteiger partial charge in [-0.1, -0.05) is 19.0 Å². The smallest absolute Gasteiger partial charge is 0.278 e. The number of aryl methyl sites for hydroxylation is 1. The van der Waals surface area contributed by atoms with Gasteiger partial charge in [-0.25, -0.2) is 0 Å². The molecule has 0 fully saturated rings. The Balaban J connectivity index is 1.85. The van der Waals surface area contributed by atoms with Gasteiger partial charge in [0, 0.05) is 16.9 Å². The molecule has 0 unspecified atom stereocenters. The van der Waals surface area contributed by atoms with Gasteiger partial charge in [0.25, 0.3) is 5.91 Å². The van der Waals surface area contributed by atoms with E-state index in [1.165, 1.54) is 16.2 Å². The summed E-state index contributed by atoms with van der Waals surface area (Å²) in [6, 6.07) is 3.89. The van der Waals surface area contributed by atoms with Crippen LogP contribution in [-0.4, -0.2) is 11.1 Å². The summed E-state index contributed by atoms with van der Waals surface area (Å²) in [6.07, 6.45) is 4.16. The van der Waals surface area contributed by atoms with E-state index < -0.39 is 0 Å². The predicted octanol–water partition coefficient (Wildman–Crippen LogP) is 3.86. The average molecular weight is 315 g/mol. The Morgan fingerprint density at radius 2 is 2.23 bits per heavy atom. The van der Waals surface area contributed by atoms with Crippen LogP contribution in [0.5, 0.6) is 0 Å². The largest absolute Gasteiger partial charge is 0.360 e. The maximum Gasteiger partial charge on any atom is 0.278 e. The molecular formula is C16H17N3O2S. The highest BCUT2D eigenvalue weighted by Crippen LogP contribution is 2.37. The topological polar surface area (TPSA) is 78.9 Å². The minimum Gasteiger partial charge on any atom is -0.360 e. The van der Waals surface area contributed by atoms with Gasteiger partial charge in [-0.05, 0) is 31.2 Å². The van der Waals surface area contributed by atoms with Gasteiger partial charge in [0.05, 0.1) is 5.56 Å². The Labute approximate surface area is 132 Å². The molecule has 0 aliphatic heterocycles. The van der Waals surface area contributed by atoms with Gasteiger partial charge in [-0.2, -0.15) is 5.26 Å². The van der Waals surface area contributed by atoms with E-state index in [2.05, 4.69) is 16.5 Å². The summed E-state index contributed by atoms with van der Waals surface area (Å²) in [5.41, 5.74) is 1.97. The quantitative estimate of drug-likeness (QED) is 0.932. The molecule has 5 nitrogen and oxygen atoms in total. The van der Waals surface area contributed by atoms with E-state index in [9.17, 15) is 10.1 Å². The number of amides is 1. The van der Waals surface area contributed by atoms with Gasteiger partial charge >= 0.3 is 0 Å². The van der Waals surface area contributed by atoms with Crippen LogP contribution >= 0.6 is 11.3 Å². The van der Waals surface area contributed by atoms with Crippen LogP contribution in [0.1, 0.15) is 64.9 Å². The van der Waals surface area contributed by atoms with Crippen LogP contribution in [0.15, 0.2) is 10.6 Å². The van der Waals surface area contributed by atoms with Crippen molar-refractivity contribution in [2.75, 3.05) is 5.32 Å². The summed E-state index contributed by atoms with van der Waals surface area (Å²) in [7, 11) is 0. The highest BCUT2D eigenvalue weighted by molar-refractivity contribution is 7.16. The molecule has 0 spiro atoms. The molecule has 1 aliphatic carbocycles. The number of aromatic nitrogens is 1. The Kier molecular flexibility index (Phi) is 3.99. The number of nitrogens with one attached hydrogen (secondary N) is 1. The fraction of sp³-hybridized carbons (Fsp3) is 0.438. The molecule has 0 bridgehead atoms. The summed E-state index contributed by atoms with van der Waals surface area (Å²) in [5.74, 6) is 0.527. The standard InChI is InChI=1S/C16H17N3O2S/c1-9(2)13-7-12(19-21-13)15(20)18-16-11(8-17)10-5-3-4-6-14(10)22-16/h7,9H,3-6H2,1-2H3,(H,18,20). The fourth-order valence-electron chi connectivity index (χ4n) is 2.61. The number of nitriles is 1. The SMILES string of the molecule is CC(C)c1cc(C(=O)Nc2sc3c(c2C#N)CCCC3)no1. The molecule has 3 rings (SSSR count). The van der Waals surface area contributed by atoms with Crippen molar-refractivity contribution in [3.8, 4) is 6.07 Å². The van der Waals surface area contributed by atoms with Crippen molar-refractivity contribution >= 4 is 22.2 Å². The van der Waals surface area contributed by atoms with E-state index >= 15 is 0 Å². The van der Waals surface area contributed by atoms with Gasteiger partial charge in [0.1, 0.15) is 16.8 Å². The summed E-state index contributed by atoms with van der Waals surface area (Å²) < 4.78 is 5.15.